The fourth-order valence-corrected chi connectivity index (χ4v) is 2.95. The molecule has 1 atom stereocenters. The number of hydrogen-bond acceptors (Lipinski definition) is 2. The van der Waals surface area contributed by atoms with E-state index in [9.17, 15) is 4.39 Å². The first-order valence-electron chi connectivity index (χ1n) is 8.04. The Morgan fingerprint density at radius 2 is 2.10 bits per heavy atom. The van der Waals surface area contributed by atoms with E-state index in [2.05, 4.69) is 23.4 Å². The maximum Gasteiger partial charge on any atom is 0.151 e. The number of aryl methyl sites for hydroxylation is 2. The van der Waals surface area contributed by atoms with Gasteiger partial charge in [-0.05, 0) is 43.9 Å². The molecule has 0 radical (unpaired) electrons. The molecule has 1 aromatic carbocycles. The second kappa shape index (κ2) is 7.55. The van der Waals surface area contributed by atoms with Crippen molar-refractivity contribution in [3.63, 3.8) is 0 Å². The smallest absolute Gasteiger partial charge is 0.151 e. The molecule has 0 aliphatic carbocycles. The molecule has 0 aliphatic heterocycles. The fourth-order valence-electron chi connectivity index (χ4n) is 2.95. The average Bonchev–Trinajstić information content (AvgIpc) is 2.84. The van der Waals surface area contributed by atoms with E-state index in [0.29, 0.717) is 11.4 Å². The standard InChI is InChI=1S/C17H26FN3/c1-3-12-21-15-7-5-6-14(18)17(15)20-16(21)9-8-13(4-2)10-11-19/h5-7,13H,3-4,8-12,19H2,1-2H3. The maximum atomic E-state index is 13.9. The summed E-state index contributed by atoms with van der Waals surface area (Å²) in [4.78, 5) is 4.55. The normalized spacial score (nSPS) is 13.0. The SMILES string of the molecule is CCCn1c(CCC(CC)CCN)nc2c(F)cccc21. The monoisotopic (exact) mass is 291 g/mol. The molecule has 0 bridgehead atoms. The largest absolute Gasteiger partial charge is 0.330 e. The van der Waals surface area contributed by atoms with Crippen LogP contribution in [0.25, 0.3) is 11.0 Å². The third kappa shape index (κ3) is 3.62. The van der Waals surface area contributed by atoms with Gasteiger partial charge in [0.25, 0.3) is 0 Å². The molecule has 0 saturated heterocycles. The highest BCUT2D eigenvalue weighted by Crippen LogP contribution is 2.22. The lowest BCUT2D eigenvalue weighted by atomic mass is 9.96. The van der Waals surface area contributed by atoms with Crippen molar-refractivity contribution in [2.75, 3.05) is 6.54 Å². The van der Waals surface area contributed by atoms with E-state index < -0.39 is 0 Å². The highest BCUT2D eigenvalue weighted by atomic mass is 19.1. The zero-order valence-electron chi connectivity index (χ0n) is 13.1. The Morgan fingerprint density at radius 3 is 2.76 bits per heavy atom. The van der Waals surface area contributed by atoms with Crippen LogP contribution in [0.15, 0.2) is 18.2 Å². The molecule has 2 aromatic rings. The second-order valence-electron chi connectivity index (χ2n) is 5.68. The summed E-state index contributed by atoms with van der Waals surface area (Å²) in [6.07, 6.45) is 5.18. The van der Waals surface area contributed by atoms with E-state index in [1.807, 2.05) is 6.07 Å². The first kappa shape index (κ1) is 16.0. The van der Waals surface area contributed by atoms with E-state index >= 15 is 0 Å². The summed E-state index contributed by atoms with van der Waals surface area (Å²) in [6, 6.07) is 5.21. The molecule has 0 spiro atoms. The van der Waals surface area contributed by atoms with E-state index in [4.69, 9.17) is 5.73 Å². The third-order valence-corrected chi connectivity index (χ3v) is 4.18. The third-order valence-electron chi connectivity index (χ3n) is 4.18. The van der Waals surface area contributed by atoms with Gasteiger partial charge in [-0.2, -0.15) is 0 Å². The van der Waals surface area contributed by atoms with Crippen molar-refractivity contribution in [3.8, 4) is 0 Å². The second-order valence-corrected chi connectivity index (χ2v) is 5.68. The summed E-state index contributed by atoms with van der Waals surface area (Å²) in [6.45, 7) is 5.97. The Kier molecular flexibility index (Phi) is 5.74. The topological polar surface area (TPSA) is 43.8 Å². The minimum Gasteiger partial charge on any atom is -0.330 e. The average molecular weight is 291 g/mol. The number of rotatable bonds is 8. The minimum absolute atomic E-state index is 0.224. The van der Waals surface area contributed by atoms with Crippen molar-refractivity contribution in [1.82, 2.24) is 9.55 Å². The van der Waals surface area contributed by atoms with E-state index in [-0.39, 0.29) is 5.82 Å². The summed E-state index contributed by atoms with van der Waals surface area (Å²) >= 11 is 0. The molecule has 116 valence electrons. The highest BCUT2D eigenvalue weighted by Gasteiger charge is 2.14. The predicted octanol–water partition coefficient (Wildman–Crippen LogP) is 3.89. The summed E-state index contributed by atoms with van der Waals surface area (Å²) in [5.41, 5.74) is 7.09. The van der Waals surface area contributed by atoms with Crippen LogP contribution in [-0.2, 0) is 13.0 Å². The van der Waals surface area contributed by atoms with Gasteiger partial charge in [0.2, 0.25) is 0 Å². The maximum absolute atomic E-state index is 13.9. The first-order valence-corrected chi connectivity index (χ1v) is 8.04. The van der Waals surface area contributed by atoms with Gasteiger partial charge in [-0.1, -0.05) is 26.3 Å². The zero-order valence-corrected chi connectivity index (χ0v) is 13.1. The number of imidazole rings is 1. The molecule has 0 amide bonds. The van der Waals surface area contributed by atoms with Crippen LogP contribution in [0.3, 0.4) is 0 Å². The highest BCUT2D eigenvalue weighted by molar-refractivity contribution is 5.76. The lowest BCUT2D eigenvalue weighted by Gasteiger charge is -2.14. The Bertz CT molecular complexity index is 577. The Balaban J connectivity index is 2.25. The molecule has 3 nitrogen and oxygen atoms in total. The molecule has 0 saturated carbocycles. The van der Waals surface area contributed by atoms with Gasteiger partial charge in [-0.3, -0.25) is 0 Å². The molecule has 0 aliphatic rings. The van der Waals surface area contributed by atoms with E-state index in [1.165, 1.54) is 6.07 Å². The van der Waals surface area contributed by atoms with E-state index in [0.717, 1.165) is 56.5 Å². The Hall–Kier alpha value is -1.42. The molecule has 2 rings (SSSR count). The summed E-state index contributed by atoms with van der Waals surface area (Å²) in [5.74, 6) is 1.42. The number of fused-ring (bicyclic) bond motifs is 1. The van der Waals surface area contributed by atoms with Crippen LogP contribution >= 0.6 is 0 Å². The predicted molar refractivity (Wildman–Crippen MR) is 85.8 cm³/mol. The van der Waals surface area contributed by atoms with E-state index in [1.54, 1.807) is 6.07 Å². The molecule has 4 heteroatoms. The van der Waals surface area contributed by atoms with Gasteiger partial charge >= 0.3 is 0 Å². The number of aromatic nitrogens is 2. The van der Waals surface area contributed by atoms with Crippen molar-refractivity contribution in [2.45, 2.75) is 52.5 Å². The van der Waals surface area contributed by atoms with Crippen LogP contribution in [0, 0.1) is 11.7 Å². The minimum atomic E-state index is -0.224. The number of halogens is 1. The van der Waals surface area contributed by atoms with Crippen LogP contribution in [0.2, 0.25) is 0 Å². The number of nitrogens with two attached hydrogens (primary N) is 1. The Morgan fingerprint density at radius 1 is 1.29 bits per heavy atom. The van der Waals surface area contributed by atoms with Gasteiger partial charge in [0, 0.05) is 13.0 Å². The van der Waals surface area contributed by atoms with Crippen molar-refractivity contribution in [2.24, 2.45) is 11.7 Å². The van der Waals surface area contributed by atoms with Crippen molar-refractivity contribution < 1.29 is 4.39 Å². The molecule has 1 heterocycles. The Labute approximate surface area is 126 Å². The number of nitrogens with zero attached hydrogens (tertiary/aromatic N) is 2. The van der Waals surface area contributed by atoms with Gasteiger partial charge in [-0.25, -0.2) is 9.37 Å². The molecular weight excluding hydrogens is 265 g/mol. The first-order chi connectivity index (χ1) is 10.2. The van der Waals surface area contributed by atoms with Crippen LogP contribution in [0.1, 0.15) is 45.4 Å². The summed E-state index contributed by atoms with van der Waals surface area (Å²) < 4.78 is 16.1. The van der Waals surface area contributed by atoms with Gasteiger partial charge < -0.3 is 10.3 Å². The number of benzene rings is 1. The van der Waals surface area contributed by atoms with Crippen LogP contribution < -0.4 is 5.73 Å². The number of para-hydroxylation sites is 1. The van der Waals surface area contributed by atoms with Crippen LogP contribution in [0.4, 0.5) is 4.39 Å². The van der Waals surface area contributed by atoms with Crippen molar-refractivity contribution >= 4 is 11.0 Å². The molecule has 1 unspecified atom stereocenters. The summed E-state index contributed by atoms with van der Waals surface area (Å²) in [5, 5.41) is 0. The van der Waals surface area contributed by atoms with Crippen molar-refractivity contribution in [3.05, 3.63) is 29.8 Å². The molecule has 1 aromatic heterocycles. The van der Waals surface area contributed by atoms with Crippen LogP contribution in [-0.4, -0.2) is 16.1 Å². The number of hydrogen-bond donors (Lipinski definition) is 1. The lowest BCUT2D eigenvalue weighted by molar-refractivity contribution is 0.435. The zero-order chi connectivity index (χ0) is 15.2. The van der Waals surface area contributed by atoms with Crippen LogP contribution in [0.5, 0.6) is 0 Å². The molecule has 2 N–H and O–H groups in total. The van der Waals surface area contributed by atoms with Gasteiger partial charge in [0.1, 0.15) is 11.3 Å². The molecule has 0 fully saturated rings. The molecule has 21 heavy (non-hydrogen) atoms. The van der Waals surface area contributed by atoms with Gasteiger partial charge in [-0.15, -0.1) is 0 Å². The van der Waals surface area contributed by atoms with Crippen molar-refractivity contribution in [1.29, 1.82) is 0 Å². The lowest BCUT2D eigenvalue weighted by Crippen LogP contribution is -2.11. The summed E-state index contributed by atoms with van der Waals surface area (Å²) in [7, 11) is 0. The fraction of sp³-hybridized carbons (Fsp3) is 0.588. The van der Waals surface area contributed by atoms with Gasteiger partial charge in [0.15, 0.2) is 5.82 Å². The quantitative estimate of drug-likeness (QED) is 0.801. The van der Waals surface area contributed by atoms with Gasteiger partial charge in [0.05, 0.1) is 5.52 Å². The molecular formula is C17H26FN3.